The van der Waals surface area contributed by atoms with Gasteiger partial charge in [0.25, 0.3) is 0 Å². The summed E-state index contributed by atoms with van der Waals surface area (Å²) in [6.45, 7) is 7.24. The van der Waals surface area contributed by atoms with Gasteiger partial charge in [-0.1, -0.05) is 0 Å². The summed E-state index contributed by atoms with van der Waals surface area (Å²) in [6, 6.07) is 0. The first-order valence-electron chi connectivity index (χ1n) is 16.6. The first-order valence-corrected chi connectivity index (χ1v) is 18.3. The van der Waals surface area contributed by atoms with Crippen LogP contribution in [0.1, 0.15) is 48.5 Å². The van der Waals surface area contributed by atoms with E-state index < -0.39 is 146 Å². The molecule has 0 radical (unpaired) electrons. The first-order chi connectivity index (χ1) is 25.8. The fourth-order valence-corrected chi connectivity index (χ4v) is 6.89. The Morgan fingerprint density at radius 1 is 0.400 bits per heavy atom. The lowest BCUT2D eigenvalue weighted by atomic mass is 9.95. The molecule has 1 N–H and O–H groups in total. The van der Waals surface area contributed by atoms with Crippen molar-refractivity contribution in [3.8, 4) is 0 Å². The largest absolute Gasteiger partial charge is 0.456 e. The van der Waals surface area contributed by atoms with Gasteiger partial charge in [0.05, 0.1) is 17.6 Å². The number of hydrogen-bond acceptors (Lipinski definition) is 20. The standard InChI is InChI=1S/C32H43Cl3O20/c1-11(36)44-21-19(9-34)52-31(28(49-16(6)41)25(21)46-13(3)38)55-23-20(10-35)53-32(29(50-17(7)42)26(23)47-14(4)39)54-22-18(8-33)51-30(43)27(48-15(5)40)24(22)45-12(2)37/h18-32,43H,8-10H2,1-7H3/t18-,19-,20-,21-,22-,23-,24+,25+,26+,27-,28-,29-,30?,31-,32-/m1/s1. The Kier molecular flexibility index (Phi) is 17.6. The van der Waals surface area contributed by atoms with Gasteiger partial charge in [0.15, 0.2) is 61.6 Å². The number of aliphatic hydroxyl groups excluding tert-OH is 1. The van der Waals surface area contributed by atoms with Crippen molar-refractivity contribution in [2.24, 2.45) is 0 Å². The summed E-state index contributed by atoms with van der Waals surface area (Å²) >= 11 is 18.7. The molecule has 0 saturated carbocycles. The normalized spacial score (nSPS) is 36.0. The van der Waals surface area contributed by atoms with Crippen molar-refractivity contribution in [1.82, 2.24) is 0 Å². The summed E-state index contributed by atoms with van der Waals surface area (Å²) in [4.78, 5) is 86.0. The summed E-state index contributed by atoms with van der Waals surface area (Å²) in [7, 11) is 0. The van der Waals surface area contributed by atoms with Gasteiger partial charge in [-0.3, -0.25) is 33.6 Å². The van der Waals surface area contributed by atoms with Crippen molar-refractivity contribution < 1.29 is 95.5 Å². The molecular formula is C32H43Cl3O20. The number of rotatable bonds is 14. The molecule has 0 spiro atoms. The third-order valence-corrected chi connectivity index (χ3v) is 8.86. The molecule has 3 rings (SSSR count). The Labute approximate surface area is 329 Å². The van der Waals surface area contributed by atoms with E-state index in [1.54, 1.807) is 0 Å². The van der Waals surface area contributed by atoms with Crippen LogP contribution in [0.25, 0.3) is 0 Å². The van der Waals surface area contributed by atoms with Crippen LogP contribution in [0.3, 0.4) is 0 Å². The van der Waals surface area contributed by atoms with E-state index >= 15 is 0 Å². The molecule has 0 aromatic rings. The predicted molar refractivity (Wildman–Crippen MR) is 179 cm³/mol. The van der Waals surface area contributed by atoms with E-state index in [1.165, 1.54) is 0 Å². The second kappa shape index (κ2) is 20.9. The Morgan fingerprint density at radius 3 is 1.00 bits per heavy atom. The number of esters is 7. The van der Waals surface area contributed by atoms with Crippen LogP contribution in [-0.4, -0.2) is 157 Å². The van der Waals surface area contributed by atoms with E-state index in [1.807, 2.05) is 0 Å². The van der Waals surface area contributed by atoms with Crippen molar-refractivity contribution in [2.45, 2.75) is 141 Å². The fourth-order valence-electron chi connectivity index (χ4n) is 6.14. The Morgan fingerprint density at radius 2 is 0.655 bits per heavy atom. The van der Waals surface area contributed by atoms with E-state index in [9.17, 15) is 38.7 Å². The maximum absolute atomic E-state index is 12.6. The molecule has 0 aliphatic carbocycles. The highest BCUT2D eigenvalue weighted by molar-refractivity contribution is 6.18. The van der Waals surface area contributed by atoms with Crippen LogP contribution < -0.4 is 0 Å². The molecule has 3 saturated heterocycles. The van der Waals surface area contributed by atoms with Gasteiger partial charge in [0.2, 0.25) is 0 Å². The molecule has 3 aliphatic heterocycles. The average Bonchev–Trinajstić information content (AvgIpc) is 3.06. The van der Waals surface area contributed by atoms with E-state index in [0.717, 1.165) is 48.5 Å². The van der Waals surface area contributed by atoms with Gasteiger partial charge >= 0.3 is 41.8 Å². The minimum Gasteiger partial charge on any atom is -0.456 e. The molecule has 0 bridgehead atoms. The Hall–Kier alpha value is -3.08. The minimum atomic E-state index is -1.84. The molecule has 3 fully saturated rings. The topological polar surface area (TPSA) is 250 Å². The summed E-state index contributed by atoms with van der Waals surface area (Å²) in [5.41, 5.74) is 0. The van der Waals surface area contributed by atoms with Gasteiger partial charge in [-0.05, 0) is 0 Å². The highest BCUT2D eigenvalue weighted by atomic mass is 35.5. The molecule has 23 heteroatoms. The maximum atomic E-state index is 12.6. The number of halogens is 3. The lowest BCUT2D eigenvalue weighted by Gasteiger charge is -2.50. The van der Waals surface area contributed by atoms with Crippen LogP contribution >= 0.6 is 34.8 Å². The van der Waals surface area contributed by atoms with Gasteiger partial charge in [-0.15, -0.1) is 34.8 Å². The minimum absolute atomic E-state index is 0.375. The van der Waals surface area contributed by atoms with Gasteiger partial charge in [0.1, 0.15) is 30.5 Å². The second-order valence-electron chi connectivity index (χ2n) is 12.3. The Balaban J connectivity index is 2.13. The third-order valence-electron chi connectivity index (χ3n) is 7.94. The zero-order valence-electron chi connectivity index (χ0n) is 30.6. The highest BCUT2D eigenvalue weighted by Crippen LogP contribution is 2.38. The number of alkyl halides is 3. The molecule has 55 heavy (non-hydrogen) atoms. The Bertz CT molecular complexity index is 1400. The van der Waals surface area contributed by atoms with Gasteiger partial charge in [-0.25, -0.2) is 0 Å². The van der Waals surface area contributed by atoms with E-state index in [2.05, 4.69) is 0 Å². The zero-order chi connectivity index (χ0) is 41.3. The quantitative estimate of drug-likeness (QED) is 0.139. The van der Waals surface area contributed by atoms with E-state index in [-0.39, 0.29) is 5.88 Å². The molecule has 3 aliphatic rings. The van der Waals surface area contributed by atoms with E-state index in [4.69, 9.17) is 91.6 Å². The van der Waals surface area contributed by atoms with Gasteiger partial charge in [0, 0.05) is 48.5 Å². The molecule has 0 amide bonds. The summed E-state index contributed by atoms with van der Waals surface area (Å²) < 4.78 is 68.2. The van der Waals surface area contributed by atoms with E-state index in [0.29, 0.717) is 0 Å². The van der Waals surface area contributed by atoms with Crippen molar-refractivity contribution in [3.63, 3.8) is 0 Å². The van der Waals surface area contributed by atoms with Gasteiger partial charge < -0.3 is 61.9 Å². The number of hydrogen-bond donors (Lipinski definition) is 1. The lowest BCUT2D eigenvalue weighted by molar-refractivity contribution is -0.371. The number of ether oxygens (including phenoxy) is 12. The molecule has 20 nitrogen and oxygen atoms in total. The number of carbonyl (C=O) groups is 7. The van der Waals surface area contributed by atoms with Crippen LogP contribution in [0.4, 0.5) is 0 Å². The molecular weight excluding hydrogens is 811 g/mol. The molecule has 0 aromatic carbocycles. The van der Waals surface area contributed by atoms with Crippen LogP contribution in [0.2, 0.25) is 0 Å². The predicted octanol–water partition coefficient (Wildman–Crippen LogP) is 0.162. The molecule has 312 valence electrons. The van der Waals surface area contributed by atoms with Crippen LogP contribution in [0, 0.1) is 0 Å². The number of aliphatic hydroxyl groups is 1. The summed E-state index contributed by atoms with van der Waals surface area (Å²) in [6.07, 6.45) is -23.7. The highest BCUT2D eigenvalue weighted by Gasteiger charge is 2.59. The SMILES string of the molecule is CC(=O)O[C@@H]1[C@@H](OC(C)=O)[C@@H](O[C@H]2[C@H](OC(C)=O)[C@@H](OC(C)=O)[C@@H](O[C@H]3[C@H](OC(C)=O)[C@@H](OC(C)=O)C(O)O[C@@H]3CCl)O[C@@H]2CCl)O[C@H](CCl)[C@H]1OC(C)=O. The van der Waals surface area contributed by atoms with Crippen molar-refractivity contribution >= 4 is 76.6 Å². The number of carbonyl (C=O) groups excluding carboxylic acids is 7. The third kappa shape index (κ3) is 12.5. The van der Waals surface area contributed by atoms with Crippen molar-refractivity contribution in [1.29, 1.82) is 0 Å². The summed E-state index contributed by atoms with van der Waals surface area (Å²) in [5, 5.41) is 10.6. The second-order valence-corrected chi connectivity index (χ2v) is 13.3. The smallest absolute Gasteiger partial charge is 0.303 e. The van der Waals surface area contributed by atoms with Crippen LogP contribution in [0.5, 0.6) is 0 Å². The first kappa shape index (κ1) is 46.3. The van der Waals surface area contributed by atoms with Crippen molar-refractivity contribution in [2.75, 3.05) is 17.6 Å². The average molecular weight is 854 g/mol. The molecule has 15 atom stereocenters. The lowest BCUT2D eigenvalue weighted by Crippen LogP contribution is -2.68. The van der Waals surface area contributed by atoms with Crippen LogP contribution in [-0.2, 0) is 90.4 Å². The molecule has 0 aromatic heterocycles. The monoisotopic (exact) mass is 852 g/mol. The molecule has 3 heterocycles. The van der Waals surface area contributed by atoms with Crippen LogP contribution in [0.15, 0.2) is 0 Å². The fraction of sp³-hybridized carbons (Fsp3) is 0.781. The molecule has 1 unspecified atom stereocenters. The van der Waals surface area contributed by atoms with Crippen molar-refractivity contribution in [3.05, 3.63) is 0 Å². The zero-order valence-corrected chi connectivity index (χ0v) is 32.9. The maximum Gasteiger partial charge on any atom is 0.303 e. The summed E-state index contributed by atoms with van der Waals surface area (Å²) in [5.74, 6) is -7.52. The van der Waals surface area contributed by atoms with Gasteiger partial charge in [-0.2, -0.15) is 0 Å².